The van der Waals surface area contributed by atoms with Crippen molar-refractivity contribution in [2.45, 2.75) is 37.4 Å². The number of amides is 1. The molecule has 1 N–H and O–H groups in total. The van der Waals surface area contributed by atoms with E-state index >= 15 is 0 Å². The summed E-state index contributed by atoms with van der Waals surface area (Å²) in [6, 6.07) is 27.0. The van der Waals surface area contributed by atoms with Crippen molar-refractivity contribution in [2.75, 3.05) is 0 Å². The lowest BCUT2D eigenvalue weighted by atomic mass is 9.97. The van der Waals surface area contributed by atoms with Crippen LogP contribution in [-0.2, 0) is 39.1 Å². The van der Waals surface area contributed by atoms with Crippen molar-refractivity contribution in [3.8, 4) is 0 Å². The van der Waals surface area contributed by atoms with Crippen molar-refractivity contribution in [3.05, 3.63) is 131 Å². The third-order valence-electron chi connectivity index (χ3n) is 6.08. The Morgan fingerprint density at radius 2 is 1.49 bits per heavy atom. The highest BCUT2D eigenvalue weighted by atomic mass is 35.5. The minimum absolute atomic E-state index is 0.0848. The molecular weight excluding hydrogens is 534 g/mol. The molecule has 0 saturated carbocycles. The van der Waals surface area contributed by atoms with Gasteiger partial charge in [-0.25, -0.2) is 8.42 Å². The number of carbonyl (C=O) groups excluding carboxylic acids is 2. The summed E-state index contributed by atoms with van der Waals surface area (Å²) in [5, 5.41) is 3.18. The molecule has 3 aromatic carbocycles. The summed E-state index contributed by atoms with van der Waals surface area (Å²) >= 11 is 5.97. The highest BCUT2D eigenvalue weighted by Crippen LogP contribution is 2.23. The van der Waals surface area contributed by atoms with Crippen LogP contribution in [0, 0.1) is 0 Å². The zero-order valence-corrected chi connectivity index (χ0v) is 22.9. The van der Waals surface area contributed by atoms with Crippen LogP contribution in [0.5, 0.6) is 0 Å². The largest absolute Gasteiger partial charge is 0.342 e. The summed E-state index contributed by atoms with van der Waals surface area (Å²) < 4.78 is 28.4. The standard InChI is InChI=1S/C30H28ClN3O4S/c1-22(35)33-30(25-7-3-2-4-8-25)29(36)19-23-10-12-24(13-11-23)20-34(21-27-9-5-6-18-32-27)39(37,38)28-16-14-26(31)15-17-28/h2-18,30H,19-21H2,1H3,(H,33,35). The second kappa shape index (κ2) is 12.8. The SMILES string of the molecule is CC(=O)NC(C(=O)Cc1ccc(CN(Cc2ccccn2)S(=O)(=O)c2ccc(Cl)cc2)cc1)c1ccccc1. The highest BCUT2D eigenvalue weighted by Gasteiger charge is 2.26. The highest BCUT2D eigenvalue weighted by molar-refractivity contribution is 7.89. The van der Waals surface area contributed by atoms with Crippen LogP contribution >= 0.6 is 11.6 Å². The van der Waals surface area contributed by atoms with Crippen molar-refractivity contribution in [1.82, 2.24) is 14.6 Å². The Bertz CT molecular complexity index is 1510. The fourth-order valence-corrected chi connectivity index (χ4v) is 5.65. The van der Waals surface area contributed by atoms with Gasteiger partial charge in [0.15, 0.2) is 5.78 Å². The summed E-state index contributed by atoms with van der Waals surface area (Å²) in [6.45, 7) is 1.57. The van der Waals surface area contributed by atoms with Crippen LogP contribution in [0.4, 0.5) is 0 Å². The van der Waals surface area contributed by atoms with Gasteiger partial charge in [0, 0.05) is 31.1 Å². The Balaban J connectivity index is 1.53. The second-order valence-electron chi connectivity index (χ2n) is 9.05. The smallest absolute Gasteiger partial charge is 0.243 e. The first-order chi connectivity index (χ1) is 18.7. The van der Waals surface area contributed by atoms with Gasteiger partial charge in [-0.05, 0) is 53.1 Å². The number of aromatic nitrogens is 1. The van der Waals surface area contributed by atoms with Gasteiger partial charge in [-0.1, -0.05) is 72.3 Å². The lowest BCUT2D eigenvalue weighted by Gasteiger charge is -2.22. The number of hydrogen-bond donors (Lipinski definition) is 1. The third kappa shape index (κ3) is 7.60. The fourth-order valence-electron chi connectivity index (χ4n) is 4.12. The molecule has 1 atom stereocenters. The van der Waals surface area contributed by atoms with Crippen LogP contribution in [-0.4, -0.2) is 29.4 Å². The third-order valence-corrected chi connectivity index (χ3v) is 8.14. The van der Waals surface area contributed by atoms with E-state index in [9.17, 15) is 18.0 Å². The number of pyridine rings is 1. The van der Waals surface area contributed by atoms with E-state index in [1.165, 1.54) is 23.4 Å². The van der Waals surface area contributed by atoms with E-state index in [1.807, 2.05) is 24.3 Å². The van der Waals surface area contributed by atoms with E-state index in [1.54, 1.807) is 66.9 Å². The maximum atomic E-state index is 13.5. The van der Waals surface area contributed by atoms with E-state index in [2.05, 4.69) is 10.3 Å². The zero-order chi connectivity index (χ0) is 27.8. The molecule has 1 aromatic heterocycles. The van der Waals surface area contributed by atoms with Crippen LogP contribution in [0.1, 0.15) is 35.3 Å². The van der Waals surface area contributed by atoms with E-state index in [0.29, 0.717) is 16.3 Å². The van der Waals surface area contributed by atoms with E-state index < -0.39 is 16.1 Å². The molecule has 4 aromatic rings. The molecule has 0 fully saturated rings. The quantitative estimate of drug-likeness (QED) is 0.274. The van der Waals surface area contributed by atoms with Gasteiger partial charge in [0.25, 0.3) is 0 Å². The van der Waals surface area contributed by atoms with Crippen molar-refractivity contribution in [2.24, 2.45) is 0 Å². The van der Waals surface area contributed by atoms with Crippen molar-refractivity contribution >= 4 is 33.3 Å². The topological polar surface area (TPSA) is 96.4 Å². The van der Waals surface area contributed by atoms with Gasteiger partial charge in [-0.3, -0.25) is 14.6 Å². The minimum atomic E-state index is -3.86. The summed E-state index contributed by atoms with van der Waals surface area (Å²) in [5.74, 6) is -0.436. The molecule has 7 nitrogen and oxygen atoms in total. The molecule has 0 saturated heterocycles. The number of nitrogens with zero attached hydrogens (tertiary/aromatic N) is 2. The average Bonchev–Trinajstić information content (AvgIpc) is 2.93. The van der Waals surface area contributed by atoms with Gasteiger partial charge in [-0.15, -0.1) is 0 Å². The number of ketones is 1. The monoisotopic (exact) mass is 561 g/mol. The molecule has 0 aliphatic carbocycles. The predicted molar refractivity (Wildman–Crippen MR) is 150 cm³/mol. The lowest BCUT2D eigenvalue weighted by molar-refractivity contribution is -0.126. The molecule has 39 heavy (non-hydrogen) atoms. The van der Waals surface area contributed by atoms with Crippen molar-refractivity contribution in [1.29, 1.82) is 0 Å². The summed E-state index contributed by atoms with van der Waals surface area (Å²) in [4.78, 5) is 29.3. The number of carbonyl (C=O) groups is 2. The number of hydrogen-bond acceptors (Lipinski definition) is 5. The summed E-state index contributed by atoms with van der Waals surface area (Å²) in [5.41, 5.74) is 2.84. The molecule has 0 radical (unpaired) electrons. The molecule has 1 amide bonds. The number of rotatable bonds is 11. The molecule has 0 bridgehead atoms. The number of sulfonamides is 1. The molecule has 1 unspecified atom stereocenters. The number of Topliss-reactive ketones (excluding diaryl/α,β-unsaturated/α-hetero) is 1. The Morgan fingerprint density at radius 1 is 0.846 bits per heavy atom. The van der Waals surface area contributed by atoms with Crippen molar-refractivity contribution < 1.29 is 18.0 Å². The molecule has 1 heterocycles. The van der Waals surface area contributed by atoms with Gasteiger partial charge in [0.1, 0.15) is 6.04 Å². The van der Waals surface area contributed by atoms with Crippen LogP contribution in [0.2, 0.25) is 5.02 Å². The Kier molecular flexibility index (Phi) is 9.24. The van der Waals surface area contributed by atoms with Gasteiger partial charge in [-0.2, -0.15) is 4.31 Å². The van der Waals surface area contributed by atoms with Crippen LogP contribution in [0.25, 0.3) is 0 Å². The molecular formula is C30H28ClN3O4S. The van der Waals surface area contributed by atoms with Gasteiger partial charge in [0.05, 0.1) is 17.1 Å². The summed E-state index contributed by atoms with van der Waals surface area (Å²) in [6.07, 6.45) is 1.73. The Labute approximate surface area is 233 Å². The maximum Gasteiger partial charge on any atom is 0.243 e. The van der Waals surface area contributed by atoms with Crippen LogP contribution in [0.15, 0.2) is 108 Å². The number of benzene rings is 3. The van der Waals surface area contributed by atoms with Crippen LogP contribution < -0.4 is 5.32 Å². The molecule has 9 heteroatoms. The fraction of sp³-hybridized carbons (Fsp3) is 0.167. The lowest BCUT2D eigenvalue weighted by Crippen LogP contribution is -2.33. The number of halogens is 1. The van der Waals surface area contributed by atoms with Crippen molar-refractivity contribution in [3.63, 3.8) is 0 Å². The van der Waals surface area contributed by atoms with Crippen LogP contribution in [0.3, 0.4) is 0 Å². The number of nitrogens with one attached hydrogen (secondary N) is 1. The second-order valence-corrected chi connectivity index (χ2v) is 11.4. The first-order valence-corrected chi connectivity index (χ1v) is 14.1. The van der Waals surface area contributed by atoms with Gasteiger partial charge < -0.3 is 5.32 Å². The van der Waals surface area contributed by atoms with E-state index in [0.717, 1.165) is 11.1 Å². The van der Waals surface area contributed by atoms with Gasteiger partial charge in [0.2, 0.25) is 15.9 Å². The Morgan fingerprint density at radius 3 is 2.10 bits per heavy atom. The average molecular weight is 562 g/mol. The van der Waals surface area contributed by atoms with E-state index in [4.69, 9.17) is 11.6 Å². The Hall–Kier alpha value is -3.85. The summed E-state index contributed by atoms with van der Waals surface area (Å²) in [7, 11) is -3.86. The maximum absolute atomic E-state index is 13.5. The zero-order valence-electron chi connectivity index (χ0n) is 21.3. The first-order valence-electron chi connectivity index (χ1n) is 12.3. The molecule has 0 aliphatic rings. The molecule has 0 spiro atoms. The molecule has 4 rings (SSSR count). The molecule has 200 valence electrons. The predicted octanol–water partition coefficient (Wildman–Crippen LogP) is 5.12. The normalized spacial score (nSPS) is 12.2. The minimum Gasteiger partial charge on any atom is -0.342 e. The first kappa shape index (κ1) is 28.2. The van der Waals surface area contributed by atoms with Gasteiger partial charge >= 0.3 is 0 Å². The van der Waals surface area contributed by atoms with E-state index in [-0.39, 0.29) is 36.1 Å². The molecule has 0 aliphatic heterocycles.